The molecule has 21 heavy (non-hydrogen) atoms. The zero-order valence-corrected chi connectivity index (χ0v) is 12.8. The first kappa shape index (κ1) is 14.1. The van der Waals surface area contributed by atoms with Crippen molar-refractivity contribution < 1.29 is 8.42 Å². The lowest BCUT2D eigenvalue weighted by molar-refractivity contribution is 0.579. The monoisotopic (exact) mass is 305 g/mol. The van der Waals surface area contributed by atoms with Crippen molar-refractivity contribution >= 4 is 15.5 Å². The minimum Gasteiger partial charge on any atom is -0.379 e. The Bertz CT molecular complexity index is 710. The molecule has 0 radical (unpaired) electrons. The quantitative estimate of drug-likeness (QED) is 0.941. The molecular weight excluding hydrogens is 286 g/mol. The third-order valence-corrected chi connectivity index (χ3v) is 5.69. The van der Waals surface area contributed by atoms with E-state index in [4.69, 9.17) is 0 Å². The second-order valence-corrected chi connectivity index (χ2v) is 7.80. The van der Waals surface area contributed by atoms with E-state index in [1.807, 2.05) is 35.0 Å². The Morgan fingerprint density at radius 2 is 2.10 bits per heavy atom. The van der Waals surface area contributed by atoms with Crippen molar-refractivity contribution in [2.45, 2.75) is 30.6 Å². The predicted molar refractivity (Wildman–Crippen MR) is 83.5 cm³/mol. The van der Waals surface area contributed by atoms with Crippen LogP contribution in [0.1, 0.15) is 19.3 Å². The minimum absolute atomic E-state index is 0.0235. The van der Waals surface area contributed by atoms with Crippen molar-refractivity contribution in [3.63, 3.8) is 0 Å². The molecule has 0 aliphatic heterocycles. The number of aromatic nitrogens is 2. The standard InChI is InChI=1S/C15H19N3O2S/c1-21(19,20)15-8-4-6-13(15)17-12-5-2-3-7-14(12)18-10-9-16-11-18/h2-3,5,7,9-11,13,15,17H,4,6,8H2,1H3. The normalized spacial score (nSPS) is 22.3. The molecule has 2 unspecified atom stereocenters. The van der Waals surface area contributed by atoms with Crippen LogP contribution in [0.15, 0.2) is 43.0 Å². The van der Waals surface area contributed by atoms with Crippen LogP contribution < -0.4 is 5.32 Å². The Hall–Kier alpha value is -1.82. The molecule has 1 saturated carbocycles. The first-order chi connectivity index (χ1) is 10.1. The van der Waals surface area contributed by atoms with Gasteiger partial charge in [-0.15, -0.1) is 0 Å². The number of sulfone groups is 1. The van der Waals surface area contributed by atoms with Gasteiger partial charge in [0.2, 0.25) is 0 Å². The molecule has 1 fully saturated rings. The molecule has 1 aliphatic carbocycles. The summed E-state index contributed by atoms with van der Waals surface area (Å²) in [7, 11) is -3.02. The minimum atomic E-state index is -3.02. The number of para-hydroxylation sites is 2. The van der Waals surface area contributed by atoms with Gasteiger partial charge < -0.3 is 9.88 Å². The zero-order valence-electron chi connectivity index (χ0n) is 11.9. The molecular formula is C15H19N3O2S. The summed E-state index contributed by atoms with van der Waals surface area (Å²) in [5, 5.41) is 3.13. The van der Waals surface area contributed by atoms with Crippen LogP contribution in [0.5, 0.6) is 0 Å². The smallest absolute Gasteiger partial charge is 0.152 e. The lowest BCUT2D eigenvalue weighted by Gasteiger charge is -2.22. The van der Waals surface area contributed by atoms with E-state index >= 15 is 0 Å². The van der Waals surface area contributed by atoms with Crippen molar-refractivity contribution in [2.24, 2.45) is 0 Å². The fourth-order valence-corrected chi connectivity index (χ4v) is 4.42. The molecule has 1 N–H and O–H groups in total. The maximum Gasteiger partial charge on any atom is 0.152 e. The highest BCUT2D eigenvalue weighted by molar-refractivity contribution is 7.91. The number of hydrogen-bond donors (Lipinski definition) is 1. The van der Waals surface area contributed by atoms with Gasteiger partial charge >= 0.3 is 0 Å². The second-order valence-electron chi connectivity index (χ2n) is 5.54. The Balaban J connectivity index is 1.89. The molecule has 2 aromatic rings. The lowest BCUT2D eigenvalue weighted by atomic mass is 10.2. The van der Waals surface area contributed by atoms with Crippen LogP contribution in [-0.4, -0.2) is 35.5 Å². The van der Waals surface area contributed by atoms with E-state index in [-0.39, 0.29) is 11.3 Å². The van der Waals surface area contributed by atoms with Crippen LogP contribution in [0, 0.1) is 0 Å². The van der Waals surface area contributed by atoms with Crippen LogP contribution >= 0.6 is 0 Å². The molecule has 6 heteroatoms. The molecule has 112 valence electrons. The fraction of sp³-hybridized carbons (Fsp3) is 0.400. The Kier molecular flexibility index (Phi) is 3.71. The number of benzene rings is 1. The molecule has 1 aliphatic rings. The maximum absolute atomic E-state index is 11.9. The highest BCUT2D eigenvalue weighted by Crippen LogP contribution is 2.30. The number of imidazole rings is 1. The van der Waals surface area contributed by atoms with E-state index < -0.39 is 9.84 Å². The summed E-state index contributed by atoms with van der Waals surface area (Å²) in [6.45, 7) is 0. The van der Waals surface area contributed by atoms with Crippen molar-refractivity contribution in [3.8, 4) is 5.69 Å². The summed E-state index contributed by atoms with van der Waals surface area (Å²) >= 11 is 0. The van der Waals surface area contributed by atoms with Crippen LogP contribution in [-0.2, 0) is 9.84 Å². The molecule has 1 aromatic heterocycles. The molecule has 5 nitrogen and oxygen atoms in total. The van der Waals surface area contributed by atoms with Crippen molar-refractivity contribution in [1.82, 2.24) is 9.55 Å². The largest absolute Gasteiger partial charge is 0.379 e. The van der Waals surface area contributed by atoms with Gasteiger partial charge in [-0.1, -0.05) is 12.1 Å². The lowest BCUT2D eigenvalue weighted by Crippen LogP contribution is -2.34. The van der Waals surface area contributed by atoms with Crippen molar-refractivity contribution in [2.75, 3.05) is 11.6 Å². The van der Waals surface area contributed by atoms with Crippen LogP contribution in [0.3, 0.4) is 0 Å². The van der Waals surface area contributed by atoms with E-state index in [2.05, 4.69) is 10.3 Å². The maximum atomic E-state index is 11.9. The predicted octanol–water partition coefficient (Wildman–Crippen LogP) is 2.25. The van der Waals surface area contributed by atoms with Crippen LogP contribution in [0.25, 0.3) is 5.69 Å². The van der Waals surface area contributed by atoms with E-state index in [1.54, 1.807) is 12.5 Å². The first-order valence-electron chi connectivity index (χ1n) is 7.08. The van der Waals surface area contributed by atoms with E-state index in [0.29, 0.717) is 0 Å². The third kappa shape index (κ3) is 2.95. The molecule has 3 rings (SSSR count). The Morgan fingerprint density at radius 3 is 2.81 bits per heavy atom. The average molecular weight is 305 g/mol. The van der Waals surface area contributed by atoms with Crippen molar-refractivity contribution in [1.29, 1.82) is 0 Å². The van der Waals surface area contributed by atoms with Gasteiger partial charge in [0, 0.05) is 24.7 Å². The van der Waals surface area contributed by atoms with Gasteiger partial charge in [-0.05, 0) is 31.4 Å². The average Bonchev–Trinajstić information content (AvgIpc) is 3.09. The summed E-state index contributed by atoms with van der Waals surface area (Å²) < 4.78 is 25.7. The topological polar surface area (TPSA) is 64.0 Å². The van der Waals surface area contributed by atoms with E-state index in [1.165, 1.54) is 6.26 Å². The summed E-state index contributed by atoms with van der Waals surface area (Å²) in [5.74, 6) is 0. The molecule has 0 amide bonds. The van der Waals surface area contributed by atoms with Crippen molar-refractivity contribution in [3.05, 3.63) is 43.0 Å². The van der Waals surface area contributed by atoms with Crippen LogP contribution in [0.2, 0.25) is 0 Å². The molecule has 2 atom stereocenters. The SMILES string of the molecule is CS(=O)(=O)C1CCCC1Nc1ccccc1-n1ccnc1. The highest BCUT2D eigenvalue weighted by atomic mass is 32.2. The van der Waals surface area contributed by atoms with Gasteiger partial charge in [0.25, 0.3) is 0 Å². The number of anilines is 1. The molecule has 0 saturated heterocycles. The summed E-state index contributed by atoms with van der Waals surface area (Å²) in [5.41, 5.74) is 1.92. The van der Waals surface area contributed by atoms with Gasteiger partial charge in [-0.3, -0.25) is 0 Å². The number of hydrogen-bond acceptors (Lipinski definition) is 4. The van der Waals surface area contributed by atoms with Gasteiger partial charge in [0.05, 0.1) is 23.0 Å². The van der Waals surface area contributed by atoms with E-state index in [9.17, 15) is 8.42 Å². The molecule has 1 aromatic carbocycles. The zero-order chi connectivity index (χ0) is 14.9. The summed E-state index contributed by atoms with van der Waals surface area (Å²) in [4.78, 5) is 4.06. The molecule has 0 spiro atoms. The van der Waals surface area contributed by atoms with Gasteiger partial charge in [-0.25, -0.2) is 13.4 Å². The Morgan fingerprint density at radius 1 is 1.29 bits per heavy atom. The number of nitrogens with zero attached hydrogens (tertiary/aromatic N) is 2. The van der Waals surface area contributed by atoms with Gasteiger partial charge in [0.15, 0.2) is 9.84 Å². The second kappa shape index (κ2) is 5.52. The van der Waals surface area contributed by atoms with Gasteiger partial charge in [-0.2, -0.15) is 0 Å². The highest BCUT2D eigenvalue weighted by Gasteiger charge is 2.34. The molecule has 0 bridgehead atoms. The summed E-state index contributed by atoms with van der Waals surface area (Å²) in [6, 6.07) is 7.86. The van der Waals surface area contributed by atoms with Crippen LogP contribution in [0.4, 0.5) is 5.69 Å². The first-order valence-corrected chi connectivity index (χ1v) is 9.04. The van der Waals surface area contributed by atoms with E-state index in [0.717, 1.165) is 30.6 Å². The summed E-state index contributed by atoms with van der Waals surface area (Å²) in [6.07, 6.45) is 9.25. The fourth-order valence-electron chi connectivity index (χ4n) is 3.03. The third-order valence-electron chi connectivity index (χ3n) is 4.03. The van der Waals surface area contributed by atoms with Gasteiger partial charge in [0.1, 0.15) is 0 Å². The Labute approximate surface area is 124 Å². The number of rotatable bonds is 4. The number of nitrogens with one attached hydrogen (secondary N) is 1. The molecule has 1 heterocycles.